The van der Waals surface area contributed by atoms with Gasteiger partial charge in [-0.3, -0.25) is 0 Å². The van der Waals surface area contributed by atoms with E-state index >= 15 is 0 Å². The van der Waals surface area contributed by atoms with E-state index in [1.54, 1.807) is 11.3 Å². The molecular formula is C16H18F3N3OS. The maximum absolute atomic E-state index is 12.7. The quantitative estimate of drug-likeness (QED) is 0.826. The van der Waals surface area contributed by atoms with Crippen molar-refractivity contribution in [2.75, 3.05) is 24.6 Å². The standard InChI is InChI=1S/C16H18F3N3OS/c1-2-3-14-20-21-15(24-14)22-8-9-23-13(10-22)11-4-6-12(7-5-11)16(17,18)19/h4-7,13H,2-3,8-10H2,1H3. The maximum atomic E-state index is 12.7. The molecule has 8 heteroatoms. The van der Waals surface area contributed by atoms with Gasteiger partial charge in [0.05, 0.1) is 18.7 Å². The van der Waals surface area contributed by atoms with E-state index in [0.717, 1.165) is 40.7 Å². The molecular weight excluding hydrogens is 339 g/mol. The molecule has 4 nitrogen and oxygen atoms in total. The third-order valence-electron chi connectivity index (χ3n) is 3.87. The highest BCUT2D eigenvalue weighted by Gasteiger charge is 2.31. The van der Waals surface area contributed by atoms with Gasteiger partial charge in [0.2, 0.25) is 5.13 Å². The number of nitrogens with zero attached hydrogens (tertiary/aromatic N) is 3. The average molecular weight is 357 g/mol. The van der Waals surface area contributed by atoms with E-state index in [4.69, 9.17) is 4.74 Å². The van der Waals surface area contributed by atoms with Gasteiger partial charge in [-0.05, 0) is 24.1 Å². The first kappa shape index (κ1) is 17.2. The number of halogens is 3. The van der Waals surface area contributed by atoms with Gasteiger partial charge in [0.15, 0.2) is 0 Å². The van der Waals surface area contributed by atoms with E-state index in [1.165, 1.54) is 12.1 Å². The molecule has 0 aliphatic carbocycles. The first-order chi connectivity index (χ1) is 11.5. The van der Waals surface area contributed by atoms with E-state index in [0.29, 0.717) is 19.7 Å². The lowest BCUT2D eigenvalue weighted by Crippen LogP contribution is -2.38. The van der Waals surface area contributed by atoms with Crippen LogP contribution in [0.25, 0.3) is 0 Å². The van der Waals surface area contributed by atoms with Gasteiger partial charge in [0.25, 0.3) is 0 Å². The summed E-state index contributed by atoms with van der Waals surface area (Å²) in [5, 5.41) is 10.3. The molecule has 1 unspecified atom stereocenters. The summed E-state index contributed by atoms with van der Waals surface area (Å²) in [6.45, 7) is 3.87. The normalized spacial score (nSPS) is 18.8. The number of aromatic nitrogens is 2. The van der Waals surface area contributed by atoms with Crippen LogP contribution >= 0.6 is 11.3 Å². The predicted octanol–water partition coefficient (Wildman–Crippen LogP) is 4.09. The summed E-state index contributed by atoms with van der Waals surface area (Å²) in [7, 11) is 0. The summed E-state index contributed by atoms with van der Waals surface area (Å²) in [5.74, 6) is 0. The minimum absolute atomic E-state index is 0.264. The molecule has 0 saturated carbocycles. The van der Waals surface area contributed by atoms with Gasteiger partial charge in [-0.25, -0.2) is 0 Å². The van der Waals surface area contributed by atoms with Crippen LogP contribution in [0.5, 0.6) is 0 Å². The van der Waals surface area contributed by atoms with E-state index in [1.807, 2.05) is 0 Å². The number of rotatable bonds is 4. The monoisotopic (exact) mass is 357 g/mol. The van der Waals surface area contributed by atoms with Crippen LogP contribution < -0.4 is 4.90 Å². The zero-order valence-electron chi connectivity index (χ0n) is 13.2. The number of anilines is 1. The van der Waals surface area contributed by atoms with Crippen molar-refractivity contribution in [3.63, 3.8) is 0 Å². The molecule has 130 valence electrons. The van der Waals surface area contributed by atoms with Gasteiger partial charge in [0, 0.05) is 13.0 Å². The van der Waals surface area contributed by atoms with E-state index in [9.17, 15) is 13.2 Å². The first-order valence-electron chi connectivity index (χ1n) is 7.83. The fourth-order valence-corrected chi connectivity index (χ4v) is 3.57. The van der Waals surface area contributed by atoms with Crippen LogP contribution in [0.15, 0.2) is 24.3 Å². The number of ether oxygens (including phenoxy) is 1. The smallest absolute Gasteiger partial charge is 0.370 e. The fourth-order valence-electron chi connectivity index (χ4n) is 2.60. The average Bonchev–Trinajstić information content (AvgIpc) is 3.03. The molecule has 0 bridgehead atoms. The third kappa shape index (κ3) is 3.87. The van der Waals surface area contributed by atoms with Crippen molar-refractivity contribution in [1.82, 2.24) is 10.2 Å². The Balaban J connectivity index is 1.70. The third-order valence-corrected chi connectivity index (χ3v) is 4.91. The Bertz CT molecular complexity index is 672. The van der Waals surface area contributed by atoms with Gasteiger partial charge in [-0.15, -0.1) is 10.2 Å². The molecule has 1 atom stereocenters. The zero-order chi connectivity index (χ0) is 17.2. The molecule has 1 fully saturated rings. The number of benzene rings is 1. The van der Waals surface area contributed by atoms with Gasteiger partial charge in [-0.2, -0.15) is 13.2 Å². The molecule has 2 heterocycles. The molecule has 0 spiro atoms. The van der Waals surface area contributed by atoms with Crippen molar-refractivity contribution >= 4 is 16.5 Å². The number of alkyl halides is 3. The minimum atomic E-state index is -4.32. The second-order valence-electron chi connectivity index (χ2n) is 5.65. The molecule has 2 aromatic rings. The molecule has 0 N–H and O–H groups in total. The Morgan fingerprint density at radius 1 is 1.25 bits per heavy atom. The molecule has 0 radical (unpaired) electrons. The molecule has 0 amide bonds. The highest BCUT2D eigenvalue weighted by molar-refractivity contribution is 7.15. The zero-order valence-corrected chi connectivity index (χ0v) is 14.0. The summed E-state index contributed by atoms with van der Waals surface area (Å²) >= 11 is 1.57. The second-order valence-corrected chi connectivity index (χ2v) is 6.69. The summed E-state index contributed by atoms with van der Waals surface area (Å²) in [4.78, 5) is 2.09. The topological polar surface area (TPSA) is 38.2 Å². The van der Waals surface area contributed by atoms with Crippen LogP contribution in [0.1, 0.15) is 35.6 Å². The van der Waals surface area contributed by atoms with Crippen LogP contribution in [-0.2, 0) is 17.3 Å². The molecule has 1 aliphatic heterocycles. The number of hydrogen-bond donors (Lipinski definition) is 0. The van der Waals surface area contributed by atoms with E-state index in [2.05, 4.69) is 22.0 Å². The molecule has 1 aliphatic rings. The Labute approximate surface area is 142 Å². The molecule has 1 aromatic heterocycles. The Morgan fingerprint density at radius 3 is 2.67 bits per heavy atom. The number of morpholine rings is 1. The van der Waals surface area contributed by atoms with Crippen molar-refractivity contribution in [1.29, 1.82) is 0 Å². The van der Waals surface area contributed by atoms with Crippen molar-refractivity contribution in [2.24, 2.45) is 0 Å². The van der Waals surface area contributed by atoms with Gasteiger partial charge in [-0.1, -0.05) is 30.4 Å². The van der Waals surface area contributed by atoms with Crippen LogP contribution in [0.3, 0.4) is 0 Å². The molecule has 1 aromatic carbocycles. The van der Waals surface area contributed by atoms with Crippen LogP contribution in [0.2, 0.25) is 0 Å². The lowest BCUT2D eigenvalue weighted by Gasteiger charge is -2.32. The Kier molecular flexibility index (Phi) is 5.05. The second kappa shape index (κ2) is 7.06. The highest BCUT2D eigenvalue weighted by Crippen LogP contribution is 2.32. The predicted molar refractivity (Wildman–Crippen MR) is 86.3 cm³/mol. The molecule has 24 heavy (non-hydrogen) atoms. The maximum Gasteiger partial charge on any atom is 0.416 e. The number of hydrogen-bond acceptors (Lipinski definition) is 5. The minimum Gasteiger partial charge on any atom is -0.370 e. The lowest BCUT2D eigenvalue weighted by atomic mass is 10.1. The number of aryl methyl sites for hydroxylation is 1. The molecule has 1 saturated heterocycles. The van der Waals surface area contributed by atoms with Crippen molar-refractivity contribution in [3.8, 4) is 0 Å². The van der Waals surface area contributed by atoms with Gasteiger partial charge in [0.1, 0.15) is 11.1 Å². The fraction of sp³-hybridized carbons (Fsp3) is 0.500. The van der Waals surface area contributed by atoms with Crippen molar-refractivity contribution in [3.05, 3.63) is 40.4 Å². The van der Waals surface area contributed by atoms with Crippen molar-refractivity contribution in [2.45, 2.75) is 32.0 Å². The van der Waals surface area contributed by atoms with E-state index < -0.39 is 11.7 Å². The highest BCUT2D eigenvalue weighted by atomic mass is 32.1. The summed E-state index contributed by atoms with van der Waals surface area (Å²) in [5.41, 5.74) is 0.0956. The first-order valence-corrected chi connectivity index (χ1v) is 8.65. The SMILES string of the molecule is CCCc1nnc(N2CCOC(c3ccc(C(F)(F)F)cc3)C2)s1. The largest absolute Gasteiger partial charge is 0.416 e. The summed E-state index contributed by atoms with van der Waals surface area (Å²) < 4.78 is 43.7. The van der Waals surface area contributed by atoms with Crippen LogP contribution in [-0.4, -0.2) is 29.9 Å². The lowest BCUT2D eigenvalue weighted by molar-refractivity contribution is -0.137. The van der Waals surface area contributed by atoms with Gasteiger partial charge >= 0.3 is 6.18 Å². The van der Waals surface area contributed by atoms with Crippen LogP contribution in [0, 0.1) is 0 Å². The summed E-state index contributed by atoms with van der Waals surface area (Å²) in [6.07, 6.45) is -2.66. The van der Waals surface area contributed by atoms with Crippen LogP contribution in [0.4, 0.5) is 18.3 Å². The Hall–Kier alpha value is -1.67. The van der Waals surface area contributed by atoms with E-state index in [-0.39, 0.29) is 6.10 Å². The molecule has 3 rings (SSSR count). The van der Waals surface area contributed by atoms with Gasteiger partial charge < -0.3 is 9.64 Å². The summed E-state index contributed by atoms with van der Waals surface area (Å²) in [6, 6.07) is 5.17. The Morgan fingerprint density at radius 2 is 2.00 bits per heavy atom. The van der Waals surface area contributed by atoms with Crippen molar-refractivity contribution < 1.29 is 17.9 Å².